The summed E-state index contributed by atoms with van der Waals surface area (Å²) in [6, 6.07) is 6.65. The summed E-state index contributed by atoms with van der Waals surface area (Å²) in [4.78, 5) is 13.4. The standard InChI is InChI=1S/C16H24ClN3O5S/c1-19(6-11-25-15-4-2-3-14(17)13-15)16(21)18-5-12-26(22,23)20-7-9-24-10-8-20/h2-4,13H,5-12H2,1H3,(H,18,21). The van der Waals surface area contributed by atoms with E-state index in [9.17, 15) is 13.2 Å². The second kappa shape index (κ2) is 9.96. The second-order valence-corrected chi connectivity index (χ2v) is 8.31. The van der Waals surface area contributed by atoms with Crippen LogP contribution in [0, 0.1) is 0 Å². The van der Waals surface area contributed by atoms with E-state index in [1.54, 1.807) is 31.3 Å². The summed E-state index contributed by atoms with van der Waals surface area (Å²) in [5, 5.41) is 3.19. The Morgan fingerprint density at radius 1 is 1.38 bits per heavy atom. The highest BCUT2D eigenvalue weighted by Crippen LogP contribution is 2.16. The number of likely N-dealkylation sites (N-methyl/N-ethyl adjacent to an activating group) is 1. The minimum Gasteiger partial charge on any atom is -0.492 e. The van der Waals surface area contributed by atoms with Crippen LogP contribution in [0.3, 0.4) is 0 Å². The van der Waals surface area contributed by atoms with E-state index in [1.165, 1.54) is 9.21 Å². The first-order valence-corrected chi connectivity index (χ1v) is 10.3. The number of halogens is 1. The lowest BCUT2D eigenvalue weighted by Gasteiger charge is -2.26. The molecule has 0 aliphatic carbocycles. The topological polar surface area (TPSA) is 88.2 Å². The van der Waals surface area contributed by atoms with Crippen molar-refractivity contribution in [1.29, 1.82) is 0 Å². The van der Waals surface area contributed by atoms with Gasteiger partial charge in [-0.05, 0) is 18.2 Å². The van der Waals surface area contributed by atoms with Crippen LogP contribution in [0.25, 0.3) is 0 Å². The summed E-state index contributed by atoms with van der Waals surface area (Å²) >= 11 is 5.87. The van der Waals surface area contributed by atoms with Gasteiger partial charge in [-0.1, -0.05) is 17.7 Å². The second-order valence-electron chi connectivity index (χ2n) is 5.79. The molecule has 0 radical (unpaired) electrons. The van der Waals surface area contributed by atoms with Crippen LogP contribution in [0.4, 0.5) is 4.79 Å². The number of hydrogen-bond acceptors (Lipinski definition) is 5. The summed E-state index contributed by atoms with van der Waals surface area (Å²) < 4.78 is 36.4. The number of carbonyl (C=O) groups is 1. The Labute approximate surface area is 159 Å². The lowest BCUT2D eigenvalue weighted by Crippen LogP contribution is -2.45. The summed E-state index contributed by atoms with van der Waals surface area (Å²) in [6.45, 7) is 2.23. The van der Waals surface area contributed by atoms with Gasteiger partial charge >= 0.3 is 6.03 Å². The molecule has 0 saturated carbocycles. The van der Waals surface area contributed by atoms with Gasteiger partial charge in [0.05, 0.1) is 25.5 Å². The van der Waals surface area contributed by atoms with Crippen molar-refractivity contribution in [2.75, 3.05) is 58.8 Å². The van der Waals surface area contributed by atoms with Gasteiger partial charge in [0.2, 0.25) is 10.0 Å². The van der Waals surface area contributed by atoms with Gasteiger partial charge in [0.15, 0.2) is 0 Å². The Bertz CT molecular complexity index is 695. The molecule has 0 spiro atoms. The molecule has 0 bridgehead atoms. The van der Waals surface area contributed by atoms with Crippen molar-refractivity contribution in [2.45, 2.75) is 0 Å². The minimum absolute atomic E-state index is 0.0536. The SMILES string of the molecule is CN(CCOc1cccc(Cl)c1)C(=O)NCCS(=O)(=O)N1CCOCC1. The maximum absolute atomic E-state index is 12.2. The first kappa shape index (κ1) is 20.8. The third kappa shape index (κ3) is 6.64. The monoisotopic (exact) mass is 405 g/mol. The van der Waals surface area contributed by atoms with Gasteiger partial charge in [-0.3, -0.25) is 0 Å². The Morgan fingerprint density at radius 3 is 2.81 bits per heavy atom. The zero-order chi connectivity index (χ0) is 19.0. The number of nitrogens with zero attached hydrogens (tertiary/aromatic N) is 2. The van der Waals surface area contributed by atoms with Crippen molar-refractivity contribution >= 4 is 27.7 Å². The van der Waals surface area contributed by atoms with Crippen LogP contribution < -0.4 is 10.1 Å². The molecule has 0 unspecified atom stereocenters. The van der Waals surface area contributed by atoms with E-state index in [0.717, 1.165) is 0 Å². The van der Waals surface area contributed by atoms with Crippen LogP contribution in [-0.4, -0.2) is 82.5 Å². The predicted molar refractivity (Wildman–Crippen MR) is 99.2 cm³/mol. The van der Waals surface area contributed by atoms with Crippen molar-refractivity contribution in [3.63, 3.8) is 0 Å². The fourth-order valence-electron chi connectivity index (χ4n) is 2.33. The van der Waals surface area contributed by atoms with E-state index in [-0.39, 0.29) is 18.3 Å². The van der Waals surface area contributed by atoms with Gasteiger partial charge in [0, 0.05) is 31.7 Å². The van der Waals surface area contributed by atoms with Crippen LogP contribution in [0.1, 0.15) is 0 Å². The van der Waals surface area contributed by atoms with E-state index in [1.807, 2.05) is 0 Å². The first-order valence-electron chi connectivity index (χ1n) is 8.31. The molecule has 146 valence electrons. The summed E-state index contributed by atoms with van der Waals surface area (Å²) in [5.41, 5.74) is 0. The number of carbonyl (C=O) groups excluding carboxylic acids is 1. The van der Waals surface area contributed by atoms with Crippen molar-refractivity contribution < 1.29 is 22.7 Å². The Kier molecular flexibility index (Phi) is 7.95. The van der Waals surface area contributed by atoms with Crippen LogP contribution >= 0.6 is 11.6 Å². The van der Waals surface area contributed by atoms with Gasteiger partial charge in [0.1, 0.15) is 12.4 Å². The van der Waals surface area contributed by atoms with E-state index < -0.39 is 10.0 Å². The maximum Gasteiger partial charge on any atom is 0.317 e. The number of hydrogen-bond donors (Lipinski definition) is 1. The zero-order valence-electron chi connectivity index (χ0n) is 14.7. The molecule has 1 aromatic rings. The molecular weight excluding hydrogens is 382 g/mol. The Hall–Kier alpha value is -1.55. The fourth-order valence-corrected chi connectivity index (χ4v) is 3.84. The largest absolute Gasteiger partial charge is 0.492 e. The number of sulfonamides is 1. The Morgan fingerprint density at radius 2 is 2.12 bits per heavy atom. The molecule has 2 rings (SSSR count). The molecule has 26 heavy (non-hydrogen) atoms. The van der Waals surface area contributed by atoms with Crippen molar-refractivity contribution in [3.8, 4) is 5.75 Å². The molecule has 1 fully saturated rings. The molecule has 8 nitrogen and oxygen atoms in total. The summed E-state index contributed by atoms with van der Waals surface area (Å²) in [6.07, 6.45) is 0. The fraction of sp³-hybridized carbons (Fsp3) is 0.562. The number of benzene rings is 1. The molecule has 10 heteroatoms. The van der Waals surface area contributed by atoms with E-state index in [2.05, 4.69) is 5.32 Å². The maximum atomic E-state index is 12.2. The third-order valence-electron chi connectivity index (χ3n) is 3.84. The number of amides is 2. The van der Waals surface area contributed by atoms with Gasteiger partial charge in [-0.25, -0.2) is 13.2 Å². The molecule has 1 aliphatic rings. The van der Waals surface area contributed by atoms with Gasteiger partial charge in [0.25, 0.3) is 0 Å². The number of nitrogens with one attached hydrogen (secondary N) is 1. The third-order valence-corrected chi connectivity index (χ3v) is 5.94. The van der Waals surface area contributed by atoms with Gasteiger partial charge < -0.3 is 19.7 Å². The van der Waals surface area contributed by atoms with Crippen molar-refractivity contribution in [3.05, 3.63) is 29.3 Å². The lowest BCUT2D eigenvalue weighted by molar-refractivity contribution is 0.0730. The highest BCUT2D eigenvalue weighted by Gasteiger charge is 2.24. The summed E-state index contributed by atoms with van der Waals surface area (Å²) in [7, 11) is -1.76. The minimum atomic E-state index is -3.38. The average Bonchev–Trinajstić information content (AvgIpc) is 2.62. The smallest absolute Gasteiger partial charge is 0.317 e. The molecule has 1 N–H and O–H groups in total. The molecule has 0 atom stereocenters. The van der Waals surface area contributed by atoms with E-state index in [4.69, 9.17) is 21.1 Å². The highest BCUT2D eigenvalue weighted by molar-refractivity contribution is 7.89. The number of morpholine rings is 1. The number of ether oxygens (including phenoxy) is 2. The molecular formula is C16H24ClN3O5S. The van der Waals surface area contributed by atoms with Crippen molar-refractivity contribution in [1.82, 2.24) is 14.5 Å². The quantitative estimate of drug-likeness (QED) is 0.697. The summed E-state index contributed by atoms with van der Waals surface area (Å²) in [5.74, 6) is 0.494. The first-order chi connectivity index (χ1) is 12.4. The molecule has 0 aromatic heterocycles. The van der Waals surface area contributed by atoms with E-state index in [0.29, 0.717) is 50.2 Å². The van der Waals surface area contributed by atoms with E-state index >= 15 is 0 Å². The van der Waals surface area contributed by atoms with Crippen LogP contribution in [0.2, 0.25) is 5.02 Å². The van der Waals surface area contributed by atoms with Gasteiger partial charge in [-0.2, -0.15) is 4.31 Å². The average molecular weight is 406 g/mol. The molecule has 2 amide bonds. The molecule has 1 heterocycles. The molecule has 1 aliphatic heterocycles. The lowest BCUT2D eigenvalue weighted by atomic mass is 10.3. The highest BCUT2D eigenvalue weighted by atomic mass is 35.5. The van der Waals surface area contributed by atoms with Crippen LogP contribution in [-0.2, 0) is 14.8 Å². The number of rotatable bonds is 8. The Balaban J connectivity index is 1.66. The van der Waals surface area contributed by atoms with Crippen LogP contribution in [0.5, 0.6) is 5.75 Å². The normalized spacial score (nSPS) is 15.5. The van der Waals surface area contributed by atoms with Crippen molar-refractivity contribution in [2.24, 2.45) is 0 Å². The molecule has 1 aromatic carbocycles. The molecule has 1 saturated heterocycles. The number of urea groups is 1. The van der Waals surface area contributed by atoms with Crippen LogP contribution in [0.15, 0.2) is 24.3 Å². The predicted octanol–water partition coefficient (Wildman–Crippen LogP) is 1.02. The zero-order valence-corrected chi connectivity index (χ0v) is 16.3. The van der Waals surface area contributed by atoms with Gasteiger partial charge in [-0.15, -0.1) is 0 Å².